The predicted molar refractivity (Wildman–Crippen MR) is 112 cm³/mol. The Morgan fingerprint density at radius 3 is 2.74 bits per heavy atom. The van der Waals surface area contributed by atoms with Crippen LogP contribution in [0.25, 0.3) is 10.9 Å². The largest absolute Gasteiger partial charge is 0.388 e. The molecule has 3 heterocycles. The molecule has 1 amide bonds. The summed E-state index contributed by atoms with van der Waals surface area (Å²) in [5.74, 6) is -0.387. The lowest BCUT2D eigenvalue weighted by Gasteiger charge is -2.38. The molecule has 0 aliphatic carbocycles. The summed E-state index contributed by atoms with van der Waals surface area (Å²) in [6.07, 6.45) is -0.440. The zero-order valence-electron chi connectivity index (χ0n) is 17.1. The molecule has 164 valence electrons. The van der Waals surface area contributed by atoms with E-state index in [2.05, 4.69) is 10.3 Å². The minimum absolute atomic E-state index is 0.0452. The number of aromatic nitrogens is 3. The van der Waals surface area contributed by atoms with Gasteiger partial charge in [0.2, 0.25) is 0 Å². The van der Waals surface area contributed by atoms with Gasteiger partial charge in [-0.1, -0.05) is 18.2 Å². The lowest BCUT2D eigenvalue weighted by Crippen LogP contribution is -2.60. The molecule has 1 aliphatic rings. The van der Waals surface area contributed by atoms with Crippen molar-refractivity contribution in [2.75, 3.05) is 6.61 Å². The SMILES string of the molecule is Cc1cn(C[C@H]2OC[C@@H](NC(=O)c3cn(C)c4ccccc34)[C@H](O)[C@@H]2O)c(=O)[nH]c1=O. The van der Waals surface area contributed by atoms with Crippen molar-refractivity contribution in [3.63, 3.8) is 0 Å². The van der Waals surface area contributed by atoms with Crippen molar-refractivity contribution in [3.05, 3.63) is 68.6 Å². The van der Waals surface area contributed by atoms with Crippen LogP contribution in [0.5, 0.6) is 0 Å². The number of nitrogens with one attached hydrogen (secondary N) is 2. The number of H-pyrrole nitrogens is 1. The average Bonchev–Trinajstić information content (AvgIpc) is 3.08. The fraction of sp³-hybridized carbons (Fsp3) is 0.381. The van der Waals surface area contributed by atoms with Crippen LogP contribution in [-0.2, 0) is 18.3 Å². The molecule has 1 aliphatic heterocycles. The molecule has 1 aromatic carbocycles. The number of ether oxygens (including phenoxy) is 1. The third-order valence-corrected chi connectivity index (χ3v) is 5.66. The van der Waals surface area contributed by atoms with Gasteiger partial charge in [-0.15, -0.1) is 0 Å². The molecule has 0 bridgehead atoms. The quantitative estimate of drug-likeness (QED) is 0.432. The van der Waals surface area contributed by atoms with Gasteiger partial charge < -0.3 is 24.8 Å². The van der Waals surface area contributed by atoms with E-state index in [1.54, 1.807) is 13.1 Å². The van der Waals surface area contributed by atoms with Gasteiger partial charge >= 0.3 is 5.69 Å². The maximum atomic E-state index is 12.8. The van der Waals surface area contributed by atoms with E-state index in [-0.39, 0.29) is 19.1 Å². The highest BCUT2D eigenvalue weighted by atomic mass is 16.5. The first kappa shape index (κ1) is 21.0. The van der Waals surface area contributed by atoms with Crippen molar-refractivity contribution in [2.45, 2.75) is 37.8 Å². The highest BCUT2D eigenvalue weighted by molar-refractivity contribution is 6.07. The second kappa shape index (κ2) is 8.14. The Kier molecular flexibility index (Phi) is 5.52. The smallest absolute Gasteiger partial charge is 0.328 e. The van der Waals surface area contributed by atoms with Crippen LogP contribution in [-0.4, -0.2) is 61.2 Å². The lowest BCUT2D eigenvalue weighted by atomic mass is 9.97. The van der Waals surface area contributed by atoms with Crippen molar-refractivity contribution in [1.29, 1.82) is 0 Å². The Morgan fingerprint density at radius 1 is 1.23 bits per heavy atom. The van der Waals surface area contributed by atoms with E-state index in [4.69, 9.17) is 4.74 Å². The second-order valence-corrected chi connectivity index (χ2v) is 7.83. The van der Waals surface area contributed by atoms with E-state index in [9.17, 15) is 24.6 Å². The Labute approximate surface area is 176 Å². The molecule has 31 heavy (non-hydrogen) atoms. The summed E-state index contributed by atoms with van der Waals surface area (Å²) in [5, 5.41) is 24.6. The van der Waals surface area contributed by atoms with Gasteiger partial charge in [0, 0.05) is 35.9 Å². The normalized spacial score (nSPS) is 23.7. The number of hydrogen-bond acceptors (Lipinski definition) is 6. The van der Waals surface area contributed by atoms with Crippen molar-refractivity contribution < 1.29 is 19.7 Å². The number of aryl methyl sites for hydroxylation is 2. The fourth-order valence-corrected chi connectivity index (χ4v) is 3.89. The summed E-state index contributed by atoms with van der Waals surface area (Å²) >= 11 is 0. The van der Waals surface area contributed by atoms with Gasteiger partial charge in [0.05, 0.1) is 24.8 Å². The first-order valence-corrected chi connectivity index (χ1v) is 9.89. The molecule has 0 radical (unpaired) electrons. The standard InChI is InChI=1S/C21H24N4O6/c1-11-7-25(21(30)23-19(11)28)9-16-18(27)17(26)14(10-31-16)22-20(29)13-8-24(2)15-6-4-3-5-12(13)15/h3-8,14,16-18,26-27H,9-10H2,1-2H3,(H,22,29)(H,23,28,30)/t14-,16-,17+,18-/m1/s1. The Balaban J connectivity index is 1.47. The molecule has 10 heteroatoms. The van der Waals surface area contributed by atoms with Crippen LogP contribution >= 0.6 is 0 Å². The van der Waals surface area contributed by atoms with Crippen LogP contribution in [0.2, 0.25) is 0 Å². The van der Waals surface area contributed by atoms with E-state index >= 15 is 0 Å². The number of nitrogens with zero attached hydrogens (tertiary/aromatic N) is 2. The van der Waals surface area contributed by atoms with Crippen molar-refractivity contribution >= 4 is 16.8 Å². The molecule has 0 spiro atoms. The van der Waals surface area contributed by atoms with Crippen LogP contribution in [0.1, 0.15) is 15.9 Å². The maximum Gasteiger partial charge on any atom is 0.328 e. The number of aliphatic hydroxyl groups is 2. The Morgan fingerprint density at radius 2 is 1.97 bits per heavy atom. The minimum atomic E-state index is -1.34. The van der Waals surface area contributed by atoms with Gasteiger partial charge in [-0.05, 0) is 13.0 Å². The van der Waals surface area contributed by atoms with E-state index in [1.165, 1.54) is 10.8 Å². The number of aromatic amines is 1. The monoisotopic (exact) mass is 428 g/mol. The van der Waals surface area contributed by atoms with Crippen molar-refractivity contribution in [3.8, 4) is 0 Å². The number of hydrogen-bond donors (Lipinski definition) is 4. The third kappa shape index (κ3) is 3.92. The van der Waals surface area contributed by atoms with E-state index in [1.807, 2.05) is 35.9 Å². The number of amides is 1. The molecule has 2 aromatic heterocycles. The first-order chi connectivity index (χ1) is 14.8. The number of rotatable bonds is 4. The summed E-state index contributed by atoms with van der Waals surface area (Å²) in [5.41, 5.74) is 0.576. The van der Waals surface area contributed by atoms with Gasteiger partial charge in [0.15, 0.2) is 0 Å². The van der Waals surface area contributed by atoms with Crippen LogP contribution in [0.15, 0.2) is 46.2 Å². The summed E-state index contributed by atoms with van der Waals surface area (Å²) in [4.78, 5) is 38.5. The molecular formula is C21H24N4O6. The van der Waals surface area contributed by atoms with Gasteiger partial charge in [0.1, 0.15) is 18.3 Å². The summed E-state index contributed by atoms with van der Waals surface area (Å²) in [7, 11) is 1.84. The highest BCUT2D eigenvalue weighted by Gasteiger charge is 2.39. The van der Waals surface area contributed by atoms with Crippen molar-refractivity contribution in [1.82, 2.24) is 19.4 Å². The molecule has 3 aromatic rings. The van der Waals surface area contributed by atoms with Crippen LogP contribution in [0.3, 0.4) is 0 Å². The molecule has 0 unspecified atom stereocenters. The molecule has 0 saturated carbocycles. The number of aliphatic hydroxyl groups excluding tert-OH is 2. The Hall–Kier alpha value is -3.21. The lowest BCUT2D eigenvalue weighted by molar-refractivity contribution is -0.152. The van der Waals surface area contributed by atoms with Crippen LogP contribution < -0.4 is 16.6 Å². The third-order valence-electron chi connectivity index (χ3n) is 5.66. The highest BCUT2D eigenvalue weighted by Crippen LogP contribution is 2.22. The van der Waals surface area contributed by atoms with Crippen molar-refractivity contribution in [2.24, 2.45) is 7.05 Å². The molecule has 10 nitrogen and oxygen atoms in total. The van der Waals surface area contributed by atoms with E-state index < -0.39 is 35.6 Å². The number of benzene rings is 1. The maximum absolute atomic E-state index is 12.8. The first-order valence-electron chi connectivity index (χ1n) is 9.89. The zero-order valence-corrected chi connectivity index (χ0v) is 17.1. The zero-order chi connectivity index (χ0) is 22.3. The van der Waals surface area contributed by atoms with Gasteiger partial charge in [-0.3, -0.25) is 19.1 Å². The van der Waals surface area contributed by atoms with Crippen LogP contribution in [0.4, 0.5) is 0 Å². The molecular weight excluding hydrogens is 404 g/mol. The molecule has 4 atom stereocenters. The molecule has 1 fully saturated rings. The van der Waals surface area contributed by atoms with Gasteiger partial charge in [0.25, 0.3) is 11.5 Å². The topological polar surface area (TPSA) is 139 Å². The molecule has 4 rings (SSSR count). The number of carbonyl (C=O) groups excluding carboxylic acids is 1. The second-order valence-electron chi connectivity index (χ2n) is 7.83. The van der Waals surface area contributed by atoms with E-state index in [0.717, 1.165) is 10.9 Å². The average molecular weight is 428 g/mol. The van der Waals surface area contributed by atoms with Crippen LogP contribution in [0, 0.1) is 6.92 Å². The van der Waals surface area contributed by atoms with Gasteiger partial charge in [-0.2, -0.15) is 0 Å². The van der Waals surface area contributed by atoms with E-state index in [0.29, 0.717) is 11.1 Å². The fourth-order valence-electron chi connectivity index (χ4n) is 3.89. The summed E-state index contributed by atoms with van der Waals surface area (Å²) in [6.45, 7) is 1.45. The predicted octanol–water partition coefficient (Wildman–Crippen LogP) is -0.744. The summed E-state index contributed by atoms with van der Waals surface area (Å²) < 4.78 is 8.70. The number of para-hydroxylation sites is 1. The summed E-state index contributed by atoms with van der Waals surface area (Å²) in [6, 6.07) is 6.64. The Bertz CT molecular complexity index is 1240. The van der Waals surface area contributed by atoms with Gasteiger partial charge in [-0.25, -0.2) is 4.79 Å². The minimum Gasteiger partial charge on any atom is -0.388 e. The molecule has 4 N–H and O–H groups in total. The molecule has 1 saturated heterocycles. The number of carbonyl (C=O) groups is 1. The number of fused-ring (bicyclic) bond motifs is 1.